The van der Waals surface area contributed by atoms with Crippen LogP contribution in [-0.4, -0.2) is 15.8 Å². The van der Waals surface area contributed by atoms with Gasteiger partial charge in [-0.2, -0.15) is 5.10 Å². The van der Waals surface area contributed by atoms with Crippen LogP contribution in [0.1, 0.15) is 32.0 Å². The molecule has 18 heavy (non-hydrogen) atoms. The molecule has 2 unspecified atom stereocenters. The first-order chi connectivity index (χ1) is 8.66. The molecule has 1 aromatic carbocycles. The van der Waals surface area contributed by atoms with Crippen molar-refractivity contribution in [2.45, 2.75) is 39.3 Å². The van der Waals surface area contributed by atoms with Gasteiger partial charge in [0.15, 0.2) is 0 Å². The van der Waals surface area contributed by atoms with E-state index in [4.69, 9.17) is 5.10 Å². The van der Waals surface area contributed by atoms with Crippen molar-refractivity contribution in [1.29, 1.82) is 0 Å². The Balaban J connectivity index is 2.17. The SMILES string of the molecule is Cc1nn2c(c1-c1ccccc1)NC(C)CC2C. The van der Waals surface area contributed by atoms with Gasteiger partial charge in [-0.15, -0.1) is 0 Å². The van der Waals surface area contributed by atoms with Gasteiger partial charge in [-0.3, -0.25) is 0 Å². The number of anilines is 1. The van der Waals surface area contributed by atoms with Crippen LogP contribution in [0.15, 0.2) is 30.3 Å². The lowest BCUT2D eigenvalue weighted by atomic mass is 10.0. The van der Waals surface area contributed by atoms with E-state index in [1.807, 2.05) is 6.07 Å². The molecule has 1 aromatic heterocycles. The summed E-state index contributed by atoms with van der Waals surface area (Å²) in [6.45, 7) is 6.56. The lowest BCUT2D eigenvalue weighted by Gasteiger charge is -2.28. The standard InChI is InChI=1S/C15H19N3/c1-10-9-11(2)18-15(16-10)14(12(3)17-18)13-7-5-4-6-8-13/h4-8,10-11,16H,9H2,1-3H3. The molecule has 1 aliphatic rings. The summed E-state index contributed by atoms with van der Waals surface area (Å²) in [5.74, 6) is 1.17. The van der Waals surface area contributed by atoms with Gasteiger partial charge in [-0.25, -0.2) is 4.68 Å². The molecule has 2 atom stereocenters. The molecular weight excluding hydrogens is 222 g/mol. The highest BCUT2D eigenvalue weighted by atomic mass is 15.4. The van der Waals surface area contributed by atoms with Crippen LogP contribution in [0.25, 0.3) is 11.1 Å². The average molecular weight is 241 g/mol. The number of aromatic nitrogens is 2. The van der Waals surface area contributed by atoms with E-state index in [0.29, 0.717) is 12.1 Å². The van der Waals surface area contributed by atoms with Gasteiger partial charge in [-0.05, 0) is 32.8 Å². The van der Waals surface area contributed by atoms with Crippen molar-refractivity contribution in [2.24, 2.45) is 0 Å². The molecule has 3 heteroatoms. The van der Waals surface area contributed by atoms with Crippen LogP contribution in [0.3, 0.4) is 0 Å². The van der Waals surface area contributed by atoms with Crippen molar-refractivity contribution in [1.82, 2.24) is 9.78 Å². The number of rotatable bonds is 1. The minimum absolute atomic E-state index is 0.465. The molecule has 2 heterocycles. The van der Waals surface area contributed by atoms with Gasteiger partial charge in [0.1, 0.15) is 5.82 Å². The van der Waals surface area contributed by atoms with E-state index >= 15 is 0 Å². The first-order valence-corrected chi connectivity index (χ1v) is 6.58. The molecule has 0 radical (unpaired) electrons. The molecule has 94 valence electrons. The van der Waals surface area contributed by atoms with Crippen molar-refractivity contribution in [3.05, 3.63) is 36.0 Å². The number of aryl methyl sites for hydroxylation is 1. The fourth-order valence-corrected chi connectivity index (χ4v) is 2.86. The van der Waals surface area contributed by atoms with E-state index in [1.165, 1.54) is 16.9 Å². The predicted molar refractivity (Wildman–Crippen MR) is 74.8 cm³/mol. The lowest BCUT2D eigenvalue weighted by Crippen LogP contribution is -2.28. The molecule has 0 bridgehead atoms. The second-order valence-electron chi connectivity index (χ2n) is 5.25. The normalized spacial score (nSPS) is 22.4. The van der Waals surface area contributed by atoms with Crippen LogP contribution in [0.2, 0.25) is 0 Å². The third-order valence-electron chi connectivity index (χ3n) is 3.64. The van der Waals surface area contributed by atoms with E-state index in [2.05, 4.69) is 55.0 Å². The Morgan fingerprint density at radius 2 is 1.94 bits per heavy atom. The number of benzene rings is 1. The zero-order valence-electron chi connectivity index (χ0n) is 11.1. The number of fused-ring (bicyclic) bond motifs is 1. The van der Waals surface area contributed by atoms with E-state index in [-0.39, 0.29) is 0 Å². The molecule has 0 amide bonds. The molecule has 1 aliphatic heterocycles. The highest BCUT2D eigenvalue weighted by Gasteiger charge is 2.26. The summed E-state index contributed by atoms with van der Waals surface area (Å²) < 4.78 is 2.14. The van der Waals surface area contributed by atoms with Crippen LogP contribution in [0, 0.1) is 6.92 Å². The fraction of sp³-hybridized carbons (Fsp3) is 0.400. The van der Waals surface area contributed by atoms with Gasteiger partial charge in [0, 0.05) is 11.6 Å². The first kappa shape index (κ1) is 11.3. The van der Waals surface area contributed by atoms with Crippen molar-refractivity contribution >= 4 is 5.82 Å². The topological polar surface area (TPSA) is 29.9 Å². The number of nitrogens with zero attached hydrogens (tertiary/aromatic N) is 2. The Bertz CT molecular complexity index is 557. The number of hydrogen-bond acceptors (Lipinski definition) is 2. The monoisotopic (exact) mass is 241 g/mol. The Morgan fingerprint density at radius 1 is 1.22 bits per heavy atom. The molecule has 2 aromatic rings. The lowest BCUT2D eigenvalue weighted by molar-refractivity contribution is 0.412. The first-order valence-electron chi connectivity index (χ1n) is 6.58. The van der Waals surface area contributed by atoms with Crippen LogP contribution in [0.4, 0.5) is 5.82 Å². The van der Waals surface area contributed by atoms with Crippen molar-refractivity contribution in [3.63, 3.8) is 0 Å². The molecule has 0 aliphatic carbocycles. The van der Waals surface area contributed by atoms with Gasteiger partial charge in [0.05, 0.1) is 11.7 Å². The Morgan fingerprint density at radius 3 is 2.67 bits per heavy atom. The summed E-state index contributed by atoms with van der Waals surface area (Å²) >= 11 is 0. The highest BCUT2D eigenvalue weighted by Crippen LogP contribution is 2.37. The van der Waals surface area contributed by atoms with E-state index in [0.717, 1.165) is 12.1 Å². The zero-order chi connectivity index (χ0) is 12.7. The molecule has 0 spiro atoms. The van der Waals surface area contributed by atoms with Gasteiger partial charge in [-0.1, -0.05) is 30.3 Å². The maximum atomic E-state index is 4.70. The van der Waals surface area contributed by atoms with Crippen molar-refractivity contribution in [2.75, 3.05) is 5.32 Å². The zero-order valence-corrected chi connectivity index (χ0v) is 11.1. The molecule has 0 saturated heterocycles. The molecular formula is C15H19N3. The second kappa shape index (κ2) is 4.16. The van der Waals surface area contributed by atoms with Crippen molar-refractivity contribution in [3.8, 4) is 11.1 Å². The second-order valence-corrected chi connectivity index (χ2v) is 5.25. The van der Waals surface area contributed by atoms with Gasteiger partial charge in [0.2, 0.25) is 0 Å². The van der Waals surface area contributed by atoms with Crippen LogP contribution in [0.5, 0.6) is 0 Å². The van der Waals surface area contributed by atoms with E-state index in [9.17, 15) is 0 Å². The third-order valence-corrected chi connectivity index (χ3v) is 3.64. The molecule has 3 rings (SSSR count). The Hall–Kier alpha value is -1.77. The van der Waals surface area contributed by atoms with Crippen LogP contribution >= 0.6 is 0 Å². The van der Waals surface area contributed by atoms with Gasteiger partial charge < -0.3 is 5.32 Å². The van der Waals surface area contributed by atoms with Gasteiger partial charge >= 0.3 is 0 Å². The molecule has 3 nitrogen and oxygen atoms in total. The fourth-order valence-electron chi connectivity index (χ4n) is 2.86. The molecule has 1 N–H and O–H groups in total. The Labute approximate surface area is 108 Å². The summed E-state index contributed by atoms with van der Waals surface area (Å²) in [6, 6.07) is 11.5. The predicted octanol–water partition coefficient (Wildman–Crippen LogP) is 3.62. The van der Waals surface area contributed by atoms with Crippen LogP contribution < -0.4 is 5.32 Å². The highest BCUT2D eigenvalue weighted by molar-refractivity contribution is 5.78. The number of nitrogens with one attached hydrogen (secondary N) is 1. The summed E-state index contributed by atoms with van der Waals surface area (Å²) in [7, 11) is 0. The maximum Gasteiger partial charge on any atom is 0.133 e. The summed E-state index contributed by atoms with van der Waals surface area (Å²) in [5.41, 5.74) is 3.59. The largest absolute Gasteiger partial charge is 0.367 e. The third kappa shape index (κ3) is 1.70. The summed E-state index contributed by atoms with van der Waals surface area (Å²) in [4.78, 5) is 0. The minimum Gasteiger partial charge on any atom is -0.367 e. The average Bonchev–Trinajstić information content (AvgIpc) is 2.67. The Kier molecular flexibility index (Phi) is 2.62. The summed E-state index contributed by atoms with van der Waals surface area (Å²) in [6.07, 6.45) is 1.13. The molecule has 0 saturated carbocycles. The van der Waals surface area contributed by atoms with Crippen molar-refractivity contribution < 1.29 is 0 Å². The number of hydrogen-bond donors (Lipinski definition) is 1. The molecule has 0 fully saturated rings. The van der Waals surface area contributed by atoms with E-state index < -0.39 is 0 Å². The van der Waals surface area contributed by atoms with Gasteiger partial charge in [0.25, 0.3) is 0 Å². The maximum absolute atomic E-state index is 4.70. The smallest absolute Gasteiger partial charge is 0.133 e. The minimum atomic E-state index is 0.465. The van der Waals surface area contributed by atoms with Crippen LogP contribution in [-0.2, 0) is 0 Å². The quantitative estimate of drug-likeness (QED) is 0.826. The van der Waals surface area contributed by atoms with E-state index in [1.54, 1.807) is 0 Å². The summed E-state index contributed by atoms with van der Waals surface area (Å²) in [5, 5.41) is 8.28.